The molecule has 158 valence electrons. The fourth-order valence-corrected chi connectivity index (χ4v) is 6.42. The van der Waals surface area contributed by atoms with Crippen LogP contribution in [0.2, 0.25) is 0 Å². The summed E-state index contributed by atoms with van der Waals surface area (Å²) >= 11 is 0. The molecule has 1 N–H and O–H groups in total. The predicted octanol–water partition coefficient (Wildman–Crippen LogP) is 0.570. The molecule has 2 unspecified atom stereocenters. The Labute approximate surface area is 171 Å². The number of amides is 2. The highest BCUT2D eigenvalue weighted by Gasteiger charge is 2.42. The van der Waals surface area contributed by atoms with Crippen molar-refractivity contribution >= 4 is 27.3 Å². The van der Waals surface area contributed by atoms with Crippen LogP contribution in [0.3, 0.4) is 0 Å². The van der Waals surface area contributed by atoms with Gasteiger partial charge in [0.05, 0.1) is 29.8 Å². The van der Waals surface area contributed by atoms with E-state index in [1.54, 1.807) is 4.90 Å². The molecule has 0 saturated carbocycles. The molecule has 0 bridgehead atoms. The van der Waals surface area contributed by atoms with Crippen molar-refractivity contribution < 1.29 is 22.7 Å². The summed E-state index contributed by atoms with van der Waals surface area (Å²) in [4.78, 5) is 29.0. The standard InChI is InChI=1S/C20H27N3O5S/c24-19(21-15-13-29(26,27)14-17(15)22-9-3-4-10-22)7-8-20(25)23-11-12-28-18-6-2-1-5-16(18)23/h1-2,5-6,15,17H,3-4,7-14H2,(H,21,24). The number of ether oxygens (including phenoxy) is 1. The second-order valence-corrected chi connectivity index (χ2v) is 10.1. The number of nitrogens with one attached hydrogen (secondary N) is 1. The smallest absolute Gasteiger partial charge is 0.227 e. The summed E-state index contributed by atoms with van der Waals surface area (Å²) in [6, 6.07) is 6.79. The Kier molecular flexibility index (Phi) is 5.78. The van der Waals surface area contributed by atoms with Gasteiger partial charge in [-0.15, -0.1) is 0 Å². The first-order valence-corrected chi connectivity index (χ1v) is 12.0. The maximum Gasteiger partial charge on any atom is 0.227 e. The summed E-state index contributed by atoms with van der Waals surface area (Å²) in [6.45, 7) is 2.63. The number of anilines is 1. The van der Waals surface area contributed by atoms with Crippen molar-refractivity contribution in [2.75, 3.05) is 42.6 Å². The summed E-state index contributed by atoms with van der Waals surface area (Å²) < 4.78 is 29.8. The van der Waals surface area contributed by atoms with Crippen LogP contribution in [0.4, 0.5) is 5.69 Å². The number of sulfone groups is 1. The molecule has 2 amide bonds. The number of para-hydroxylation sites is 2. The zero-order chi connectivity index (χ0) is 20.4. The van der Waals surface area contributed by atoms with Crippen LogP contribution >= 0.6 is 0 Å². The van der Waals surface area contributed by atoms with Crippen molar-refractivity contribution in [2.45, 2.75) is 37.8 Å². The number of fused-ring (bicyclic) bond motifs is 1. The van der Waals surface area contributed by atoms with E-state index in [0.717, 1.165) is 31.6 Å². The van der Waals surface area contributed by atoms with E-state index in [-0.39, 0.29) is 42.2 Å². The Morgan fingerprint density at radius 2 is 1.83 bits per heavy atom. The van der Waals surface area contributed by atoms with E-state index in [1.165, 1.54) is 0 Å². The van der Waals surface area contributed by atoms with E-state index in [4.69, 9.17) is 4.74 Å². The maximum absolute atomic E-state index is 12.7. The molecule has 4 rings (SSSR count). The van der Waals surface area contributed by atoms with Gasteiger partial charge in [0, 0.05) is 18.9 Å². The maximum atomic E-state index is 12.7. The average molecular weight is 422 g/mol. The van der Waals surface area contributed by atoms with Crippen molar-refractivity contribution in [1.29, 1.82) is 0 Å². The molecule has 1 aromatic carbocycles. The molecule has 0 aromatic heterocycles. The SMILES string of the molecule is O=C(CCC(=O)N1CCOc2ccccc21)NC1CS(=O)(=O)CC1N1CCCC1. The van der Waals surface area contributed by atoms with E-state index in [9.17, 15) is 18.0 Å². The fraction of sp³-hybridized carbons (Fsp3) is 0.600. The molecule has 0 aliphatic carbocycles. The molecule has 2 atom stereocenters. The lowest BCUT2D eigenvalue weighted by Gasteiger charge is -2.30. The van der Waals surface area contributed by atoms with Crippen molar-refractivity contribution in [1.82, 2.24) is 10.2 Å². The van der Waals surface area contributed by atoms with E-state index in [1.807, 2.05) is 24.3 Å². The highest BCUT2D eigenvalue weighted by Crippen LogP contribution is 2.31. The van der Waals surface area contributed by atoms with Crippen LogP contribution in [0.5, 0.6) is 5.75 Å². The Bertz CT molecular complexity index is 882. The summed E-state index contributed by atoms with van der Waals surface area (Å²) in [7, 11) is -3.15. The van der Waals surface area contributed by atoms with E-state index in [0.29, 0.717) is 18.9 Å². The molecule has 1 aromatic rings. The summed E-state index contributed by atoms with van der Waals surface area (Å²) in [5, 5.41) is 2.88. The second kappa shape index (κ2) is 8.31. The zero-order valence-corrected chi connectivity index (χ0v) is 17.2. The minimum Gasteiger partial charge on any atom is -0.490 e. The number of hydrogen-bond acceptors (Lipinski definition) is 6. The van der Waals surface area contributed by atoms with E-state index < -0.39 is 15.9 Å². The first kappa shape index (κ1) is 20.2. The lowest BCUT2D eigenvalue weighted by molar-refractivity contribution is -0.125. The first-order valence-electron chi connectivity index (χ1n) is 10.2. The van der Waals surface area contributed by atoms with Gasteiger partial charge in [-0.05, 0) is 38.1 Å². The molecule has 2 saturated heterocycles. The van der Waals surface area contributed by atoms with Crippen LogP contribution in [-0.2, 0) is 19.4 Å². The molecular formula is C20H27N3O5S. The second-order valence-electron chi connectivity index (χ2n) is 7.92. The number of likely N-dealkylation sites (tertiary alicyclic amines) is 1. The van der Waals surface area contributed by atoms with Crippen molar-refractivity contribution in [3.8, 4) is 5.75 Å². The van der Waals surface area contributed by atoms with Crippen LogP contribution in [0, 0.1) is 0 Å². The van der Waals surface area contributed by atoms with E-state index in [2.05, 4.69) is 10.2 Å². The molecule has 3 aliphatic heterocycles. The quantitative estimate of drug-likeness (QED) is 0.747. The van der Waals surface area contributed by atoms with Crippen LogP contribution in [-0.4, -0.2) is 75.0 Å². The van der Waals surface area contributed by atoms with E-state index >= 15 is 0 Å². The number of benzene rings is 1. The Balaban J connectivity index is 1.33. The fourth-order valence-electron chi connectivity index (χ4n) is 4.46. The van der Waals surface area contributed by atoms with Gasteiger partial charge in [0.1, 0.15) is 12.4 Å². The lowest BCUT2D eigenvalue weighted by atomic mass is 10.1. The lowest BCUT2D eigenvalue weighted by Crippen LogP contribution is -2.50. The van der Waals surface area contributed by atoms with Crippen molar-refractivity contribution in [3.05, 3.63) is 24.3 Å². The Morgan fingerprint density at radius 3 is 2.62 bits per heavy atom. The Hall–Kier alpha value is -2.13. The van der Waals surface area contributed by atoms with Crippen molar-refractivity contribution in [3.63, 3.8) is 0 Å². The minimum absolute atomic E-state index is 0.0231. The topological polar surface area (TPSA) is 96.0 Å². The largest absolute Gasteiger partial charge is 0.490 e. The predicted molar refractivity (Wildman–Crippen MR) is 109 cm³/mol. The number of carbonyl (C=O) groups is 2. The highest BCUT2D eigenvalue weighted by atomic mass is 32.2. The van der Waals surface area contributed by atoms with Gasteiger partial charge in [0.25, 0.3) is 0 Å². The van der Waals surface area contributed by atoms with Gasteiger partial charge in [0.2, 0.25) is 11.8 Å². The molecule has 3 heterocycles. The number of rotatable bonds is 5. The normalized spacial score (nSPS) is 26.0. The number of hydrogen-bond donors (Lipinski definition) is 1. The third-order valence-electron chi connectivity index (χ3n) is 5.87. The molecule has 2 fully saturated rings. The molecule has 29 heavy (non-hydrogen) atoms. The molecule has 0 spiro atoms. The monoisotopic (exact) mass is 421 g/mol. The average Bonchev–Trinajstić information content (AvgIpc) is 3.33. The minimum atomic E-state index is -3.15. The summed E-state index contributed by atoms with van der Waals surface area (Å²) in [6.07, 6.45) is 2.25. The van der Waals surface area contributed by atoms with Gasteiger partial charge in [-0.25, -0.2) is 8.42 Å². The van der Waals surface area contributed by atoms with Crippen LogP contribution in [0.1, 0.15) is 25.7 Å². The van der Waals surface area contributed by atoms with Crippen LogP contribution < -0.4 is 15.0 Å². The van der Waals surface area contributed by atoms with Gasteiger partial charge >= 0.3 is 0 Å². The first-order chi connectivity index (χ1) is 13.9. The van der Waals surface area contributed by atoms with Crippen LogP contribution in [0.25, 0.3) is 0 Å². The van der Waals surface area contributed by atoms with Crippen molar-refractivity contribution in [2.24, 2.45) is 0 Å². The summed E-state index contributed by atoms with van der Waals surface area (Å²) in [5.74, 6) is 0.338. The molecular weight excluding hydrogens is 394 g/mol. The Morgan fingerprint density at radius 1 is 1.07 bits per heavy atom. The number of nitrogens with zero attached hydrogens (tertiary/aromatic N) is 2. The van der Waals surface area contributed by atoms with Gasteiger partial charge in [-0.1, -0.05) is 12.1 Å². The molecule has 3 aliphatic rings. The van der Waals surface area contributed by atoms with Crippen LogP contribution in [0.15, 0.2) is 24.3 Å². The third-order valence-corrected chi connectivity index (χ3v) is 7.59. The molecule has 8 nitrogen and oxygen atoms in total. The molecule has 9 heteroatoms. The van der Waals surface area contributed by atoms with Gasteiger partial charge in [-0.3, -0.25) is 14.5 Å². The summed E-state index contributed by atoms with van der Waals surface area (Å²) in [5.41, 5.74) is 0.722. The van der Waals surface area contributed by atoms with Gasteiger partial charge in [-0.2, -0.15) is 0 Å². The zero-order valence-electron chi connectivity index (χ0n) is 16.4. The molecule has 0 radical (unpaired) electrons. The number of carbonyl (C=O) groups excluding carboxylic acids is 2. The highest BCUT2D eigenvalue weighted by molar-refractivity contribution is 7.91. The third kappa shape index (κ3) is 4.56. The van der Waals surface area contributed by atoms with Gasteiger partial charge < -0.3 is 15.0 Å². The van der Waals surface area contributed by atoms with Gasteiger partial charge in [0.15, 0.2) is 9.84 Å².